The summed E-state index contributed by atoms with van der Waals surface area (Å²) in [5, 5.41) is 8.87. The minimum atomic E-state index is -0.430. The molecule has 6 nitrogen and oxygen atoms in total. The number of nitrogens with zero attached hydrogens (tertiary/aromatic N) is 3. The second-order valence-electron chi connectivity index (χ2n) is 4.37. The fourth-order valence-electron chi connectivity index (χ4n) is 1.77. The van der Waals surface area contributed by atoms with Gasteiger partial charge in [-0.25, -0.2) is 4.39 Å². The van der Waals surface area contributed by atoms with Crippen LogP contribution in [0, 0.1) is 5.82 Å². The second-order valence-corrected chi connectivity index (χ2v) is 5.72. The number of carbonyl (C=O) groups is 1. The first-order valence-corrected chi connectivity index (χ1v) is 8.11. The summed E-state index contributed by atoms with van der Waals surface area (Å²) in [6.07, 6.45) is 0. The Morgan fingerprint density at radius 2 is 2.22 bits per heavy atom. The molecule has 0 unspecified atom stereocenters. The van der Waals surface area contributed by atoms with Crippen molar-refractivity contribution >= 4 is 29.3 Å². The molecule has 0 bridgehead atoms. The molecule has 0 saturated heterocycles. The van der Waals surface area contributed by atoms with E-state index in [1.807, 2.05) is 11.5 Å². The molecule has 0 atom stereocenters. The SMILES string of the molecule is CCn1c(COc2ccc(F)cc2Cl)nnc1SCC(=O)OC. The lowest BCUT2D eigenvalue weighted by molar-refractivity contribution is -0.137. The van der Waals surface area contributed by atoms with Crippen molar-refractivity contribution in [1.82, 2.24) is 14.8 Å². The van der Waals surface area contributed by atoms with E-state index in [1.165, 1.54) is 37.1 Å². The number of benzene rings is 1. The van der Waals surface area contributed by atoms with Gasteiger partial charge in [-0.15, -0.1) is 10.2 Å². The van der Waals surface area contributed by atoms with Crippen LogP contribution in [0.4, 0.5) is 4.39 Å². The zero-order valence-corrected chi connectivity index (χ0v) is 14.2. The molecule has 0 N–H and O–H groups in total. The Bertz CT molecular complexity index is 696. The Kier molecular flexibility index (Phi) is 6.23. The van der Waals surface area contributed by atoms with Crippen molar-refractivity contribution in [2.45, 2.75) is 25.2 Å². The fraction of sp³-hybridized carbons (Fsp3) is 0.357. The number of carbonyl (C=O) groups excluding carboxylic acids is 1. The summed E-state index contributed by atoms with van der Waals surface area (Å²) < 4.78 is 25.0. The quantitative estimate of drug-likeness (QED) is 0.559. The minimum absolute atomic E-state index is 0.130. The number of esters is 1. The first kappa shape index (κ1) is 17.6. The van der Waals surface area contributed by atoms with Gasteiger partial charge in [-0.2, -0.15) is 0 Å². The van der Waals surface area contributed by atoms with E-state index in [2.05, 4.69) is 14.9 Å². The molecule has 1 aromatic heterocycles. The number of methoxy groups -OCH3 is 1. The van der Waals surface area contributed by atoms with E-state index in [1.54, 1.807) is 0 Å². The number of rotatable bonds is 7. The summed E-state index contributed by atoms with van der Waals surface area (Å²) in [5.74, 6) is 0.332. The maximum absolute atomic E-state index is 13.0. The molecule has 1 aromatic carbocycles. The third-order valence-electron chi connectivity index (χ3n) is 2.91. The molecule has 2 rings (SSSR count). The molecule has 0 fully saturated rings. The van der Waals surface area contributed by atoms with Gasteiger partial charge in [0.05, 0.1) is 17.9 Å². The lowest BCUT2D eigenvalue weighted by atomic mass is 10.3. The summed E-state index contributed by atoms with van der Waals surface area (Å²) in [6, 6.07) is 3.90. The Balaban J connectivity index is 2.05. The van der Waals surface area contributed by atoms with Crippen LogP contribution in [0.15, 0.2) is 23.4 Å². The lowest BCUT2D eigenvalue weighted by Crippen LogP contribution is -2.09. The maximum atomic E-state index is 13.0. The van der Waals surface area contributed by atoms with Crippen molar-refractivity contribution in [3.63, 3.8) is 0 Å². The van der Waals surface area contributed by atoms with Gasteiger partial charge in [0.15, 0.2) is 11.0 Å². The van der Waals surface area contributed by atoms with E-state index in [9.17, 15) is 9.18 Å². The molecule has 124 valence electrons. The van der Waals surface area contributed by atoms with Crippen LogP contribution < -0.4 is 4.74 Å². The summed E-state index contributed by atoms with van der Waals surface area (Å²) in [5.41, 5.74) is 0. The van der Waals surface area contributed by atoms with Gasteiger partial charge >= 0.3 is 5.97 Å². The third kappa shape index (κ3) is 4.59. The van der Waals surface area contributed by atoms with Crippen LogP contribution >= 0.6 is 23.4 Å². The zero-order chi connectivity index (χ0) is 16.8. The molecule has 0 aliphatic carbocycles. The van der Waals surface area contributed by atoms with Gasteiger partial charge in [-0.1, -0.05) is 23.4 Å². The average molecular weight is 360 g/mol. The van der Waals surface area contributed by atoms with Crippen LogP contribution in [0.1, 0.15) is 12.7 Å². The molecule has 0 amide bonds. The molecule has 0 radical (unpaired) electrons. The van der Waals surface area contributed by atoms with Crippen molar-refractivity contribution in [3.05, 3.63) is 34.9 Å². The molecule has 23 heavy (non-hydrogen) atoms. The normalized spacial score (nSPS) is 10.6. The van der Waals surface area contributed by atoms with E-state index in [-0.39, 0.29) is 23.4 Å². The molecule has 2 aromatic rings. The standard InChI is InChI=1S/C14H15ClFN3O3S/c1-3-19-12(17-18-14(19)23-8-13(20)21-2)7-22-11-5-4-9(16)6-10(11)15/h4-6H,3,7-8H2,1-2H3. The maximum Gasteiger partial charge on any atom is 0.316 e. The average Bonchev–Trinajstić information content (AvgIpc) is 2.93. The number of thioether (sulfide) groups is 1. The van der Waals surface area contributed by atoms with Crippen LogP contribution in [0.5, 0.6) is 5.75 Å². The van der Waals surface area contributed by atoms with Gasteiger partial charge in [0.1, 0.15) is 18.2 Å². The van der Waals surface area contributed by atoms with Crippen molar-refractivity contribution in [2.75, 3.05) is 12.9 Å². The van der Waals surface area contributed by atoms with Crippen LogP contribution in [-0.4, -0.2) is 33.6 Å². The highest BCUT2D eigenvalue weighted by molar-refractivity contribution is 7.99. The van der Waals surface area contributed by atoms with Gasteiger partial charge in [0, 0.05) is 6.54 Å². The van der Waals surface area contributed by atoms with Gasteiger partial charge in [0.2, 0.25) is 0 Å². The molecule has 9 heteroatoms. The van der Waals surface area contributed by atoms with E-state index in [4.69, 9.17) is 16.3 Å². The highest BCUT2D eigenvalue weighted by Gasteiger charge is 2.14. The van der Waals surface area contributed by atoms with Crippen molar-refractivity contribution < 1.29 is 18.7 Å². The lowest BCUT2D eigenvalue weighted by Gasteiger charge is -2.09. The Morgan fingerprint density at radius 1 is 1.43 bits per heavy atom. The summed E-state index contributed by atoms with van der Waals surface area (Å²) >= 11 is 7.15. The van der Waals surface area contributed by atoms with Crippen LogP contribution in [0.3, 0.4) is 0 Å². The first-order chi connectivity index (χ1) is 11.0. The molecule has 0 aliphatic heterocycles. The van der Waals surface area contributed by atoms with Crippen LogP contribution in [0.25, 0.3) is 0 Å². The monoisotopic (exact) mass is 359 g/mol. The molecular weight excluding hydrogens is 345 g/mol. The van der Waals surface area contributed by atoms with Crippen LogP contribution in [0.2, 0.25) is 5.02 Å². The Hall–Kier alpha value is -1.80. The topological polar surface area (TPSA) is 66.2 Å². The van der Waals surface area contributed by atoms with Gasteiger partial charge in [0.25, 0.3) is 0 Å². The van der Waals surface area contributed by atoms with Gasteiger partial charge in [-0.05, 0) is 25.1 Å². The van der Waals surface area contributed by atoms with E-state index in [0.29, 0.717) is 23.3 Å². The smallest absolute Gasteiger partial charge is 0.316 e. The van der Waals surface area contributed by atoms with Gasteiger partial charge < -0.3 is 14.0 Å². The van der Waals surface area contributed by atoms with Crippen LogP contribution in [-0.2, 0) is 22.7 Å². The Morgan fingerprint density at radius 3 is 2.87 bits per heavy atom. The highest BCUT2D eigenvalue weighted by Crippen LogP contribution is 2.26. The molecule has 0 aliphatic rings. The van der Waals surface area contributed by atoms with Crippen molar-refractivity contribution in [2.24, 2.45) is 0 Å². The predicted molar refractivity (Wildman–Crippen MR) is 84.2 cm³/mol. The molecule has 0 saturated carbocycles. The van der Waals surface area contributed by atoms with E-state index < -0.39 is 5.82 Å². The fourth-order valence-corrected chi connectivity index (χ4v) is 2.84. The van der Waals surface area contributed by atoms with E-state index in [0.717, 1.165) is 0 Å². The largest absolute Gasteiger partial charge is 0.484 e. The summed E-state index contributed by atoms with van der Waals surface area (Å²) in [6.45, 7) is 2.68. The van der Waals surface area contributed by atoms with Crippen molar-refractivity contribution in [3.8, 4) is 5.75 Å². The van der Waals surface area contributed by atoms with Gasteiger partial charge in [-0.3, -0.25) is 4.79 Å². The number of halogens is 2. The highest BCUT2D eigenvalue weighted by atomic mass is 35.5. The number of hydrogen-bond acceptors (Lipinski definition) is 6. The first-order valence-electron chi connectivity index (χ1n) is 6.74. The van der Waals surface area contributed by atoms with E-state index >= 15 is 0 Å². The Labute approximate surface area is 141 Å². The zero-order valence-electron chi connectivity index (χ0n) is 12.6. The van der Waals surface area contributed by atoms with Crippen molar-refractivity contribution in [1.29, 1.82) is 0 Å². The number of aromatic nitrogens is 3. The molecule has 1 heterocycles. The predicted octanol–water partition coefficient (Wildman–Crippen LogP) is 2.93. The summed E-state index contributed by atoms with van der Waals surface area (Å²) in [7, 11) is 1.33. The summed E-state index contributed by atoms with van der Waals surface area (Å²) in [4.78, 5) is 11.2. The second kappa shape index (κ2) is 8.16. The minimum Gasteiger partial charge on any atom is -0.484 e. The molecule has 0 spiro atoms. The number of hydrogen-bond donors (Lipinski definition) is 0. The third-order valence-corrected chi connectivity index (χ3v) is 4.14. The molecular formula is C14H15ClFN3O3S. The number of ether oxygens (including phenoxy) is 2.